The Morgan fingerprint density at radius 1 is 1.13 bits per heavy atom. The van der Waals surface area contributed by atoms with Gasteiger partial charge in [0, 0.05) is 13.0 Å². The fraction of sp³-hybridized carbons (Fsp3) is 1.00. The molecule has 0 atom stereocenters. The van der Waals surface area contributed by atoms with E-state index in [0.29, 0.717) is 13.0 Å². The molecule has 0 aromatic carbocycles. The molecule has 0 heterocycles. The third kappa shape index (κ3) is 13.7. The van der Waals surface area contributed by atoms with Crippen molar-refractivity contribution in [2.45, 2.75) is 25.4 Å². The maximum absolute atomic E-state index is 11.7. The van der Waals surface area contributed by atoms with Crippen LogP contribution in [0, 0.1) is 0 Å². The number of hydrogen-bond donors (Lipinski definition) is 2. The maximum atomic E-state index is 11.7. The smallest absolute Gasteiger partial charge is 0.316 e. The molecular weight excluding hydrogens is 233 g/mol. The highest BCUT2D eigenvalue weighted by Gasteiger charge is 2.25. The van der Waals surface area contributed by atoms with Crippen LogP contribution in [0.15, 0.2) is 0 Å². The van der Waals surface area contributed by atoms with Gasteiger partial charge in [0.15, 0.2) is 0 Å². The number of halogens is 3. The Hall–Kier alpha value is -0.340. The second kappa shape index (κ2) is 6.29. The first-order chi connectivity index (χ1) is 6.71. The highest BCUT2D eigenvalue weighted by atomic mass is 32.2. The number of rotatable bonds is 7. The molecule has 0 rings (SSSR count). The number of sulfonamides is 1. The van der Waals surface area contributed by atoms with E-state index < -0.39 is 22.6 Å². The Labute approximate surface area is 87.1 Å². The van der Waals surface area contributed by atoms with Crippen LogP contribution < -0.4 is 10.5 Å². The summed E-state index contributed by atoms with van der Waals surface area (Å²) in [4.78, 5) is 0. The SMILES string of the molecule is NS(=O)(=O)CCNCCCCC(F)(F)F. The molecule has 0 spiro atoms. The van der Waals surface area contributed by atoms with Gasteiger partial charge in [0.05, 0.1) is 5.75 Å². The van der Waals surface area contributed by atoms with Crippen molar-refractivity contribution in [3.63, 3.8) is 0 Å². The van der Waals surface area contributed by atoms with Crippen LogP contribution in [-0.2, 0) is 10.0 Å². The second-order valence-electron chi connectivity index (χ2n) is 3.19. The van der Waals surface area contributed by atoms with Gasteiger partial charge >= 0.3 is 6.18 Å². The van der Waals surface area contributed by atoms with E-state index in [2.05, 4.69) is 5.32 Å². The minimum absolute atomic E-state index is 0.0475. The van der Waals surface area contributed by atoms with E-state index in [1.807, 2.05) is 0 Å². The number of nitrogens with one attached hydrogen (secondary N) is 1. The lowest BCUT2D eigenvalue weighted by Crippen LogP contribution is -2.27. The lowest BCUT2D eigenvalue weighted by molar-refractivity contribution is -0.135. The molecule has 0 saturated carbocycles. The summed E-state index contributed by atoms with van der Waals surface area (Å²) >= 11 is 0. The molecule has 0 aliphatic heterocycles. The number of primary sulfonamides is 1. The molecule has 0 aliphatic carbocycles. The van der Waals surface area contributed by atoms with E-state index in [0.717, 1.165) is 0 Å². The quantitative estimate of drug-likeness (QED) is 0.648. The molecular formula is C7H15F3N2O2S. The average molecular weight is 248 g/mol. The van der Waals surface area contributed by atoms with Crippen LogP contribution in [0.25, 0.3) is 0 Å². The highest BCUT2D eigenvalue weighted by molar-refractivity contribution is 7.89. The van der Waals surface area contributed by atoms with E-state index in [1.165, 1.54) is 0 Å². The van der Waals surface area contributed by atoms with Gasteiger partial charge in [-0.2, -0.15) is 13.2 Å². The summed E-state index contributed by atoms with van der Waals surface area (Å²) in [7, 11) is -3.48. The predicted octanol–water partition coefficient (Wildman–Crippen LogP) is 0.597. The molecule has 0 saturated heterocycles. The molecule has 92 valence electrons. The first-order valence-corrected chi connectivity index (χ1v) is 6.20. The Balaban J connectivity index is 3.27. The van der Waals surface area contributed by atoms with Crippen molar-refractivity contribution in [1.29, 1.82) is 0 Å². The van der Waals surface area contributed by atoms with Gasteiger partial charge in [0.1, 0.15) is 0 Å². The molecule has 0 amide bonds. The van der Waals surface area contributed by atoms with Crippen LogP contribution in [0.2, 0.25) is 0 Å². The van der Waals surface area contributed by atoms with Crippen LogP contribution in [0.3, 0.4) is 0 Å². The topological polar surface area (TPSA) is 72.2 Å². The van der Waals surface area contributed by atoms with Crippen LogP contribution in [0.4, 0.5) is 13.2 Å². The molecule has 0 fully saturated rings. The summed E-state index contributed by atoms with van der Waals surface area (Å²) in [6.07, 6.45) is -4.50. The summed E-state index contributed by atoms with van der Waals surface area (Å²) < 4.78 is 55.9. The van der Waals surface area contributed by atoms with Crippen LogP contribution in [0.5, 0.6) is 0 Å². The zero-order valence-electron chi connectivity index (χ0n) is 8.18. The molecule has 0 unspecified atom stereocenters. The third-order valence-electron chi connectivity index (χ3n) is 1.63. The summed E-state index contributed by atoms with van der Waals surface area (Å²) in [6.45, 7) is 0.538. The molecule has 0 aromatic heterocycles. The number of nitrogens with two attached hydrogens (primary N) is 1. The molecule has 0 radical (unpaired) electrons. The van der Waals surface area contributed by atoms with Crippen LogP contribution in [-0.4, -0.2) is 33.4 Å². The van der Waals surface area contributed by atoms with E-state index in [1.54, 1.807) is 0 Å². The van der Waals surface area contributed by atoms with Gasteiger partial charge in [-0.25, -0.2) is 13.6 Å². The minimum Gasteiger partial charge on any atom is -0.316 e. The van der Waals surface area contributed by atoms with Crippen molar-refractivity contribution in [2.75, 3.05) is 18.8 Å². The molecule has 3 N–H and O–H groups in total. The first kappa shape index (κ1) is 14.7. The molecule has 0 bridgehead atoms. The van der Waals surface area contributed by atoms with E-state index in [4.69, 9.17) is 5.14 Å². The van der Waals surface area contributed by atoms with Crippen LogP contribution >= 0.6 is 0 Å². The van der Waals surface area contributed by atoms with Gasteiger partial charge in [-0.1, -0.05) is 0 Å². The Morgan fingerprint density at radius 3 is 2.20 bits per heavy atom. The summed E-state index contributed by atoms with van der Waals surface area (Å²) in [6, 6.07) is 0. The normalized spacial score (nSPS) is 13.1. The lowest BCUT2D eigenvalue weighted by atomic mass is 10.2. The molecule has 15 heavy (non-hydrogen) atoms. The van der Waals surface area contributed by atoms with Gasteiger partial charge in [0.2, 0.25) is 10.0 Å². The largest absolute Gasteiger partial charge is 0.389 e. The monoisotopic (exact) mass is 248 g/mol. The molecule has 8 heteroatoms. The Bertz CT molecular complexity index is 264. The summed E-state index contributed by atoms with van der Waals surface area (Å²) in [5.41, 5.74) is 0. The standard InChI is InChI=1S/C7H15F3N2O2S/c8-7(9,10)3-1-2-4-12-5-6-15(11,13)14/h12H,1-6H2,(H2,11,13,14). The summed E-state index contributed by atoms with van der Waals surface area (Å²) in [5, 5.41) is 7.42. The van der Waals surface area contributed by atoms with Crippen molar-refractivity contribution in [1.82, 2.24) is 5.32 Å². The zero-order chi connectivity index (χ0) is 11.9. The Kier molecular flexibility index (Phi) is 6.15. The fourth-order valence-electron chi connectivity index (χ4n) is 0.915. The van der Waals surface area contributed by atoms with E-state index >= 15 is 0 Å². The molecule has 0 aromatic rings. The molecule has 4 nitrogen and oxygen atoms in total. The zero-order valence-corrected chi connectivity index (χ0v) is 9.00. The average Bonchev–Trinajstić information content (AvgIpc) is 1.98. The predicted molar refractivity (Wildman–Crippen MR) is 50.7 cm³/mol. The van der Waals surface area contributed by atoms with Gasteiger partial charge in [-0.3, -0.25) is 0 Å². The summed E-state index contributed by atoms with van der Waals surface area (Å²) in [5.74, 6) is -0.202. The second-order valence-corrected chi connectivity index (χ2v) is 4.92. The number of hydrogen-bond acceptors (Lipinski definition) is 3. The van der Waals surface area contributed by atoms with Crippen molar-refractivity contribution in [3.8, 4) is 0 Å². The fourth-order valence-corrected chi connectivity index (χ4v) is 1.34. The van der Waals surface area contributed by atoms with Crippen molar-refractivity contribution < 1.29 is 21.6 Å². The van der Waals surface area contributed by atoms with Gasteiger partial charge in [-0.05, 0) is 19.4 Å². The van der Waals surface area contributed by atoms with Gasteiger partial charge in [0.25, 0.3) is 0 Å². The third-order valence-corrected chi connectivity index (χ3v) is 2.40. The van der Waals surface area contributed by atoms with E-state index in [-0.39, 0.29) is 18.7 Å². The minimum atomic E-state index is -4.11. The number of alkyl halides is 3. The van der Waals surface area contributed by atoms with E-state index in [9.17, 15) is 21.6 Å². The molecule has 0 aliphatic rings. The van der Waals surface area contributed by atoms with Crippen molar-refractivity contribution in [2.24, 2.45) is 5.14 Å². The maximum Gasteiger partial charge on any atom is 0.389 e. The van der Waals surface area contributed by atoms with Crippen LogP contribution in [0.1, 0.15) is 19.3 Å². The van der Waals surface area contributed by atoms with Gasteiger partial charge < -0.3 is 5.32 Å². The van der Waals surface area contributed by atoms with Crippen molar-refractivity contribution in [3.05, 3.63) is 0 Å². The number of unbranched alkanes of at least 4 members (excludes halogenated alkanes) is 1. The first-order valence-electron chi connectivity index (χ1n) is 4.49. The lowest BCUT2D eigenvalue weighted by Gasteiger charge is -2.06. The highest BCUT2D eigenvalue weighted by Crippen LogP contribution is 2.21. The van der Waals surface area contributed by atoms with Gasteiger partial charge in [-0.15, -0.1) is 0 Å². The Morgan fingerprint density at radius 2 is 1.73 bits per heavy atom. The van der Waals surface area contributed by atoms with Crippen molar-refractivity contribution >= 4 is 10.0 Å².